The molecule has 0 amide bonds. The van der Waals surface area contributed by atoms with E-state index in [4.69, 9.17) is 0 Å². The minimum Gasteiger partial charge on any atom is -0.281 e. The molecule has 0 unspecified atom stereocenters. The van der Waals surface area contributed by atoms with Crippen LogP contribution in [-0.4, -0.2) is 19.7 Å². The maximum Gasteiger partial charge on any atom is 0.170 e. The van der Waals surface area contributed by atoms with Crippen LogP contribution >= 0.6 is 0 Å². The lowest BCUT2D eigenvalue weighted by molar-refractivity contribution is 0.411. The normalized spacial score (nSPS) is 12.4. The highest BCUT2D eigenvalue weighted by atomic mass is 15.3. The Bertz CT molecular complexity index is 983. The average molecular weight is 391 g/mol. The number of hydrogen-bond donors (Lipinski definition) is 0. The molecule has 0 N–H and O–H groups in total. The summed E-state index contributed by atoms with van der Waals surface area (Å²) in [4.78, 5) is 4.40. The van der Waals surface area contributed by atoms with E-state index in [0.29, 0.717) is 0 Å². The van der Waals surface area contributed by atoms with Crippen LogP contribution in [0.5, 0.6) is 0 Å². The second-order valence-electron chi connectivity index (χ2n) is 10.00. The van der Waals surface area contributed by atoms with Crippen LogP contribution in [0.1, 0.15) is 70.2 Å². The van der Waals surface area contributed by atoms with E-state index in [1.165, 1.54) is 22.3 Å². The Balaban J connectivity index is 2.14. The Morgan fingerprint density at radius 1 is 1.00 bits per heavy atom. The Labute approximate surface area is 175 Å². The van der Waals surface area contributed by atoms with E-state index < -0.39 is 0 Å². The van der Waals surface area contributed by atoms with Gasteiger partial charge in [-0.15, -0.1) is 10.2 Å². The SMILES string of the molecule is CCC(C)(C)c1ccncc1-c1nncn1-c1c(C)cc(CC(C)(C)C)cc1C. The number of aryl methyl sites for hydroxylation is 2. The summed E-state index contributed by atoms with van der Waals surface area (Å²) in [6.45, 7) is 18.0. The van der Waals surface area contributed by atoms with E-state index >= 15 is 0 Å². The largest absolute Gasteiger partial charge is 0.281 e. The molecule has 0 atom stereocenters. The first kappa shape index (κ1) is 21.2. The van der Waals surface area contributed by atoms with Crippen molar-refractivity contribution in [3.05, 3.63) is 59.2 Å². The summed E-state index contributed by atoms with van der Waals surface area (Å²) in [6, 6.07) is 6.72. The van der Waals surface area contributed by atoms with Crippen molar-refractivity contribution < 1.29 is 0 Å². The van der Waals surface area contributed by atoms with Crippen LogP contribution in [0, 0.1) is 19.3 Å². The van der Waals surface area contributed by atoms with Gasteiger partial charge in [-0.2, -0.15) is 0 Å². The fourth-order valence-corrected chi connectivity index (χ4v) is 4.08. The first-order valence-corrected chi connectivity index (χ1v) is 10.5. The number of hydrogen-bond acceptors (Lipinski definition) is 3. The minimum atomic E-state index is 0.0374. The summed E-state index contributed by atoms with van der Waals surface area (Å²) in [6.07, 6.45) is 7.71. The van der Waals surface area contributed by atoms with E-state index in [1.54, 1.807) is 0 Å². The Kier molecular flexibility index (Phi) is 5.66. The molecule has 0 saturated heterocycles. The Hall–Kier alpha value is -2.49. The van der Waals surface area contributed by atoms with Crippen molar-refractivity contribution in [3.63, 3.8) is 0 Å². The Morgan fingerprint density at radius 3 is 2.24 bits per heavy atom. The minimum absolute atomic E-state index is 0.0374. The highest BCUT2D eigenvalue weighted by Crippen LogP contribution is 2.35. The molecule has 0 saturated carbocycles. The molecule has 0 aliphatic rings. The maximum absolute atomic E-state index is 4.51. The van der Waals surface area contributed by atoms with Gasteiger partial charge in [0.1, 0.15) is 6.33 Å². The van der Waals surface area contributed by atoms with Crippen LogP contribution in [0.25, 0.3) is 17.1 Å². The quantitative estimate of drug-likeness (QED) is 0.519. The van der Waals surface area contributed by atoms with Gasteiger partial charge in [-0.3, -0.25) is 9.55 Å². The van der Waals surface area contributed by atoms with Crippen LogP contribution in [0.4, 0.5) is 0 Å². The standard InChI is InChI=1S/C25H34N4/c1-9-25(7,8)21-10-11-26-15-20(21)23-28-27-16-29(23)22-17(2)12-19(13-18(22)3)14-24(4,5)6/h10-13,15-16H,9,14H2,1-8H3. The second kappa shape index (κ2) is 7.74. The molecule has 0 aliphatic heterocycles. The molecule has 1 aromatic carbocycles. The third-order valence-corrected chi connectivity index (χ3v) is 5.75. The molecule has 0 aliphatic carbocycles. The summed E-state index contributed by atoms with van der Waals surface area (Å²) in [5.41, 5.74) is 7.62. The number of pyridine rings is 1. The van der Waals surface area contributed by atoms with Crippen LogP contribution in [-0.2, 0) is 11.8 Å². The lowest BCUT2D eigenvalue weighted by Gasteiger charge is -2.26. The van der Waals surface area contributed by atoms with Gasteiger partial charge >= 0.3 is 0 Å². The van der Waals surface area contributed by atoms with Gasteiger partial charge in [0.15, 0.2) is 5.82 Å². The van der Waals surface area contributed by atoms with Gasteiger partial charge in [-0.25, -0.2) is 0 Å². The van der Waals surface area contributed by atoms with E-state index in [9.17, 15) is 0 Å². The monoisotopic (exact) mass is 390 g/mol. The van der Waals surface area contributed by atoms with Crippen molar-refractivity contribution in [1.82, 2.24) is 19.7 Å². The summed E-state index contributed by atoms with van der Waals surface area (Å²) in [5.74, 6) is 0.851. The molecule has 2 aromatic heterocycles. The van der Waals surface area contributed by atoms with E-state index in [1.807, 2.05) is 18.7 Å². The van der Waals surface area contributed by atoms with Gasteiger partial charge in [-0.05, 0) is 65.8 Å². The van der Waals surface area contributed by atoms with E-state index in [2.05, 4.69) is 93.3 Å². The summed E-state index contributed by atoms with van der Waals surface area (Å²) < 4.78 is 2.12. The summed E-state index contributed by atoms with van der Waals surface area (Å²) in [5, 5.41) is 8.78. The molecule has 0 spiro atoms. The molecule has 2 heterocycles. The zero-order valence-corrected chi connectivity index (χ0v) is 19.2. The van der Waals surface area contributed by atoms with Gasteiger partial charge in [0.25, 0.3) is 0 Å². The third kappa shape index (κ3) is 4.42. The maximum atomic E-state index is 4.51. The van der Waals surface area contributed by atoms with Crippen molar-refractivity contribution in [2.24, 2.45) is 5.41 Å². The van der Waals surface area contributed by atoms with Gasteiger partial charge in [0.05, 0.1) is 5.69 Å². The predicted octanol–water partition coefficient (Wildman–Crippen LogP) is 6.22. The highest BCUT2D eigenvalue weighted by Gasteiger charge is 2.25. The molecule has 3 rings (SSSR count). The lowest BCUT2D eigenvalue weighted by Crippen LogP contribution is -2.18. The third-order valence-electron chi connectivity index (χ3n) is 5.75. The van der Waals surface area contributed by atoms with Crippen molar-refractivity contribution >= 4 is 0 Å². The Morgan fingerprint density at radius 2 is 1.66 bits per heavy atom. The number of aromatic nitrogens is 4. The van der Waals surface area contributed by atoms with Crippen molar-refractivity contribution in [2.45, 2.75) is 73.6 Å². The van der Waals surface area contributed by atoms with Crippen LogP contribution in [0.15, 0.2) is 36.9 Å². The van der Waals surface area contributed by atoms with Gasteiger partial charge in [-0.1, -0.05) is 53.7 Å². The smallest absolute Gasteiger partial charge is 0.170 e. The summed E-state index contributed by atoms with van der Waals surface area (Å²) >= 11 is 0. The van der Waals surface area contributed by atoms with Gasteiger partial charge in [0.2, 0.25) is 0 Å². The molecular formula is C25H34N4. The molecule has 0 fully saturated rings. The van der Waals surface area contributed by atoms with Crippen molar-refractivity contribution in [3.8, 4) is 17.1 Å². The summed E-state index contributed by atoms with van der Waals surface area (Å²) in [7, 11) is 0. The highest BCUT2D eigenvalue weighted by molar-refractivity contribution is 5.65. The fourth-order valence-electron chi connectivity index (χ4n) is 4.08. The second-order valence-corrected chi connectivity index (χ2v) is 10.00. The van der Waals surface area contributed by atoms with Crippen molar-refractivity contribution in [2.75, 3.05) is 0 Å². The molecule has 3 aromatic rings. The van der Waals surface area contributed by atoms with Crippen LogP contribution < -0.4 is 0 Å². The first-order chi connectivity index (χ1) is 13.5. The zero-order chi connectivity index (χ0) is 21.4. The van der Waals surface area contributed by atoms with E-state index in [0.717, 1.165) is 29.9 Å². The molecule has 4 heteroatoms. The topological polar surface area (TPSA) is 43.6 Å². The fraction of sp³-hybridized carbons (Fsp3) is 0.480. The number of nitrogens with zero attached hydrogens (tertiary/aromatic N) is 4. The van der Waals surface area contributed by atoms with Gasteiger partial charge < -0.3 is 0 Å². The molecule has 154 valence electrons. The zero-order valence-electron chi connectivity index (χ0n) is 19.2. The predicted molar refractivity (Wildman–Crippen MR) is 121 cm³/mol. The molecule has 4 nitrogen and oxygen atoms in total. The lowest BCUT2D eigenvalue weighted by atomic mass is 9.80. The molecular weight excluding hydrogens is 356 g/mol. The number of rotatable bonds is 5. The van der Waals surface area contributed by atoms with Crippen LogP contribution in [0.2, 0.25) is 0 Å². The number of benzene rings is 1. The van der Waals surface area contributed by atoms with Crippen LogP contribution in [0.3, 0.4) is 0 Å². The average Bonchev–Trinajstić information content (AvgIpc) is 3.08. The van der Waals surface area contributed by atoms with Crippen molar-refractivity contribution in [1.29, 1.82) is 0 Å². The first-order valence-electron chi connectivity index (χ1n) is 10.5. The molecule has 29 heavy (non-hydrogen) atoms. The van der Waals surface area contributed by atoms with Gasteiger partial charge in [0, 0.05) is 18.0 Å². The van der Waals surface area contributed by atoms with E-state index in [-0.39, 0.29) is 10.8 Å². The molecule has 0 radical (unpaired) electrons. The molecule has 0 bridgehead atoms.